The maximum atomic E-state index is 6.12. The molecule has 6 heteroatoms. The second kappa shape index (κ2) is 6.83. The third kappa shape index (κ3) is 3.32. The van der Waals surface area contributed by atoms with Gasteiger partial charge in [-0.25, -0.2) is 0 Å². The number of aromatic amines is 1. The maximum absolute atomic E-state index is 6.12. The van der Waals surface area contributed by atoms with Gasteiger partial charge in [-0.15, -0.1) is 0 Å². The number of aromatic nitrogens is 1. The van der Waals surface area contributed by atoms with Crippen LogP contribution in [0.4, 0.5) is 5.69 Å². The molecule has 0 aliphatic heterocycles. The Labute approximate surface area is 149 Å². The molecule has 118 valence electrons. The zero-order valence-electron chi connectivity index (χ0n) is 12.3. The third-order valence-electron chi connectivity index (χ3n) is 3.60. The van der Waals surface area contributed by atoms with Crippen LogP contribution in [0, 0.1) is 0 Å². The summed E-state index contributed by atoms with van der Waals surface area (Å²) in [5.74, 6) is 0. The molecule has 0 aliphatic carbocycles. The molecule has 0 bridgehead atoms. The first-order chi connectivity index (χ1) is 11.1. The molecule has 0 radical (unpaired) electrons. The molecule has 1 heterocycles. The Bertz CT molecular complexity index is 861. The smallest absolute Gasteiger partial charge is 0.0935 e. The van der Waals surface area contributed by atoms with Gasteiger partial charge >= 0.3 is 0 Å². The Balaban J connectivity index is 1.87. The van der Waals surface area contributed by atoms with Crippen molar-refractivity contribution in [3.8, 4) is 0 Å². The van der Waals surface area contributed by atoms with Crippen LogP contribution >= 0.6 is 34.8 Å². The lowest BCUT2D eigenvalue weighted by atomic mass is 10.1. The van der Waals surface area contributed by atoms with Gasteiger partial charge in [0.25, 0.3) is 0 Å². The minimum Gasteiger partial charge on any atom is -0.360 e. The van der Waals surface area contributed by atoms with Crippen LogP contribution in [0.3, 0.4) is 0 Å². The van der Waals surface area contributed by atoms with Gasteiger partial charge in [-0.05, 0) is 24.1 Å². The van der Waals surface area contributed by atoms with E-state index in [0.29, 0.717) is 20.8 Å². The number of hydrazone groups is 1. The highest BCUT2D eigenvalue weighted by Gasteiger charge is 2.07. The fourth-order valence-corrected chi connectivity index (χ4v) is 3.36. The Morgan fingerprint density at radius 3 is 2.61 bits per heavy atom. The summed E-state index contributed by atoms with van der Waals surface area (Å²) in [4.78, 5) is 3.30. The molecule has 2 aromatic carbocycles. The van der Waals surface area contributed by atoms with E-state index in [2.05, 4.69) is 34.6 Å². The van der Waals surface area contributed by atoms with Gasteiger partial charge in [0.05, 0.1) is 21.9 Å². The molecular weight excluding hydrogens is 353 g/mol. The molecule has 2 N–H and O–H groups in total. The molecule has 0 amide bonds. The molecule has 0 fully saturated rings. The first kappa shape index (κ1) is 16.2. The number of hydrogen-bond acceptors (Lipinski definition) is 2. The SMILES string of the molecule is CCc1cccc2c(/C=N/Nc3c(Cl)cc(Cl)cc3Cl)c[nH]c12. The van der Waals surface area contributed by atoms with Crippen LogP contribution in [0.2, 0.25) is 15.1 Å². The minimum atomic E-state index is 0.423. The van der Waals surface area contributed by atoms with Crippen molar-refractivity contribution in [2.45, 2.75) is 13.3 Å². The van der Waals surface area contributed by atoms with E-state index in [9.17, 15) is 0 Å². The number of fused-ring (bicyclic) bond motifs is 1. The van der Waals surface area contributed by atoms with Crippen molar-refractivity contribution >= 4 is 57.6 Å². The highest BCUT2D eigenvalue weighted by molar-refractivity contribution is 6.41. The van der Waals surface area contributed by atoms with Crippen LogP contribution in [0.5, 0.6) is 0 Å². The van der Waals surface area contributed by atoms with Crippen molar-refractivity contribution in [1.29, 1.82) is 0 Å². The van der Waals surface area contributed by atoms with Gasteiger partial charge in [0.15, 0.2) is 0 Å². The molecule has 0 aliphatic rings. The molecule has 0 saturated heterocycles. The van der Waals surface area contributed by atoms with Crippen molar-refractivity contribution in [1.82, 2.24) is 4.98 Å². The summed E-state index contributed by atoms with van der Waals surface area (Å²) in [6.07, 6.45) is 4.64. The molecule has 0 saturated carbocycles. The molecule has 3 rings (SSSR count). The van der Waals surface area contributed by atoms with Crippen LogP contribution in [-0.2, 0) is 6.42 Å². The normalized spacial score (nSPS) is 11.5. The van der Waals surface area contributed by atoms with Crippen molar-refractivity contribution < 1.29 is 0 Å². The predicted molar refractivity (Wildman–Crippen MR) is 100 cm³/mol. The number of rotatable bonds is 4. The molecule has 0 atom stereocenters. The number of para-hydroxylation sites is 1. The van der Waals surface area contributed by atoms with Crippen LogP contribution in [0.15, 0.2) is 41.6 Å². The van der Waals surface area contributed by atoms with E-state index in [1.165, 1.54) is 5.56 Å². The number of halogens is 3. The predicted octanol–water partition coefficient (Wildman–Crippen LogP) is 6.14. The summed E-state index contributed by atoms with van der Waals surface area (Å²) in [5.41, 5.74) is 6.81. The summed E-state index contributed by atoms with van der Waals surface area (Å²) in [6.45, 7) is 2.13. The van der Waals surface area contributed by atoms with E-state index in [-0.39, 0.29) is 0 Å². The Morgan fingerprint density at radius 1 is 1.17 bits per heavy atom. The number of H-pyrrole nitrogens is 1. The van der Waals surface area contributed by atoms with Gasteiger partial charge in [-0.1, -0.05) is 59.9 Å². The largest absolute Gasteiger partial charge is 0.360 e. The van der Waals surface area contributed by atoms with E-state index in [1.807, 2.05) is 12.3 Å². The highest BCUT2D eigenvalue weighted by Crippen LogP contribution is 2.33. The second-order valence-electron chi connectivity index (χ2n) is 5.05. The Kier molecular flexibility index (Phi) is 4.81. The number of aryl methyl sites for hydroxylation is 1. The summed E-state index contributed by atoms with van der Waals surface area (Å²) in [6, 6.07) is 9.46. The number of benzene rings is 2. The number of anilines is 1. The van der Waals surface area contributed by atoms with Crippen LogP contribution in [0.1, 0.15) is 18.1 Å². The van der Waals surface area contributed by atoms with Crippen LogP contribution in [0.25, 0.3) is 10.9 Å². The average Bonchev–Trinajstić information content (AvgIpc) is 2.93. The minimum absolute atomic E-state index is 0.423. The maximum Gasteiger partial charge on any atom is 0.0935 e. The zero-order valence-corrected chi connectivity index (χ0v) is 14.6. The monoisotopic (exact) mass is 365 g/mol. The van der Waals surface area contributed by atoms with Crippen LogP contribution < -0.4 is 5.43 Å². The van der Waals surface area contributed by atoms with E-state index in [1.54, 1.807) is 18.3 Å². The standard InChI is InChI=1S/C17H14Cl3N3/c1-2-10-4-3-5-13-11(8-21-16(10)13)9-22-23-17-14(19)6-12(18)7-15(17)20/h3-9,21,23H,2H2,1H3/b22-9+. The number of nitrogens with one attached hydrogen (secondary N) is 2. The highest BCUT2D eigenvalue weighted by atomic mass is 35.5. The summed E-state index contributed by atoms with van der Waals surface area (Å²) >= 11 is 18.1. The molecule has 0 spiro atoms. The molecular formula is C17H14Cl3N3. The van der Waals surface area contributed by atoms with Gasteiger partial charge in [-0.2, -0.15) is 5.10 Å². The van der Waals surface area contributed by atoms with Crippen molar-refractivity contribution in [2.24, 2.45) is 5.10 Å². The lowest BCUT2D eigenvalue weighted by Crippen LogP contribution is -1.92. The van der Waals surface area contributed by atoms with E-state index in [0.717, 1.165) is 22.9 Å². The van der Waals surface area contributed by atoms with Gasteiger partial charge in [0, 0.05) is 27.7 Å². The Morgan fingerprint density at radius 2 is 1.91 bits per heavy atom. The summed E-state index contributed by atoms with van der Waals surface area (Å²) in [7, 11) is 0. The molecule has 23 heavy (non-hydrogen) atoms. The lowest BCUT2D eigenvalue weighted by Gasteiger charge is -2.06. The quantitative estimate of drug-likeness (QED) is 0.423. The van der Waals surface area contributed by atoms with Crippen molar-refractivity contribution in [2.75, 3.05) is 5.43 Å². The van der Waals surface area contributed by atoms with Crippen molar-refractivity contribution in [3.05, 3.63) is 62.7 Å². The van der Waals surface area contributed by atoms with Gasteiger partial charge in [0.2, 0.25) is 0 Å². The topological polar surface area (TPSA) is 40.2 Å². The van der Waals surface area contributed by atoms with Crippen LogP contribution in [-0.4, -0.2) is 11.2 Å². The third-order valence-corrected chi connectivity index (χ3v) is 4.42. The lowest BCUT2D eigenvalue weighted by molar-refractivity contribution is 1.15. The summed E-state index contributed by atoms with van der Waals surface area (Å²) < 4.78 is 0. The Hall–Kier alpha value is -1.68. The fourth-order valence-electron chi connectivity index (χ4n) is 2.46. The number of hydrogen-bond donors (Lipinski definition) is 2. The van der Waals surface area contributed by atoms with Crippen molar-refractivity contribution in [3.63, 3.8) is 0 Å². The average molecular weight is 367 g/mol. The van der Waals surface area contributed by atoms with Gasteiger partial charge in [0.1, 0.15) is 0 Å². The second-order valence-corrected chi connectivity index (χ2v) is 6.30. The molecule has 3 nitrogen and oxygen atoms in total. The van der Waals surface area contributed by atoms with E-state index in [4.69, 9.17) is 34.8 Å². The zero-order chi connectivity index (χ0) is 16.4. The van der Waals surface area contributed by atoms with Gasteiger partial charge in [-0.3, -0.25) is 5.43 Å². The molecule has 1 aromatic heterocycles. The molecule has 0 unspecified atom stereocenters. The van der Waals surface area contributed by atoms with Gasteiger partial charge < -0.3 is 4.98 Å². The number of nitrogens with zero attached hydrogens (tertiary/aromatic N) is 1. The molecule has 3 aromatic rings. The summed E-state index contributed by atoms with van der Waals surface area (Å²) in [5, 5.41) is 6.69. The first-order valence-electron chi connectivity index (χ1n) is 7.12. The van der Waals surface area contributed by atoms with E-state index >= 15 is 0 Å². The fraction of sp³-hybridized carbons (Fsp3) is 0.118. The first-order valence-corrected chi connectivity index (χ1v) is 8.26. The van der Waals surface area contributed by atoms with E-state index < -0.39 is 0 Å².